The van der Waals surface area contributed by atoms with Crippen molar-refractivity contribution in [3.8, 4) is 0 Å². The Bertz CT molecular complexity index is 947. The molecule has 3 rings (SSSR count). The molecule has 2 heterocycles. The molecule has 0 aliphatic heterocycles. The smallest absolute Gasteiger partial charge is 0.251 e. The maximum Gasteiger partial charge on any atom is 0.251 e. The first-order chi connectivity index (χ1) is 11.5. The van der Waals surface area contributed by atoms with Gasteiger partial charge in [-0.15, -0.1) is 0 Å². The van der Waals surface area contributed by atoms with Gasteiger partial charge in [0.15, 0.2) is 5.16 Å². The topological polar surface area (TPSA) is 104 Å². The van der Waals surface area contributed by atoms with E-state index in [1.807, 2.05) is 25.1 Å². The standard InChI is InChI=1S/C16H17N5O2S/c1-9-3-4-12-13(5-9)21-16(20-12)24-8-15(23)17-7-11-6-14(22)19-10(2)18-11/h3-6H,7-8H2,1-2H3,(H,17,23)(H,20,21)(H,18,19,22). The first-order valence-electron chi connectivity index (χ1n) is 7.42. The minimum atomic E-state index is -0.223. The van der Waals surface area contributed by atoms with E-state index in [1.165, 1.54) is 17.8 Å². The van der Waals surface area contributed by atoms with Crippen molar-refractivity contribution in [3.05, 3.63) is 51.7 Å². The van der Waals surface area contributed by atoms with E-state index in [2.05, 4.69) is 25.3 Å². The average molecular weight is 343 g/mol. The molecule has 3 N–H and O–H groups in total. The summed E-state index contributed by atoms with van der Waals surface area (Å²) in [5.41, 5.74) is 3.31. The molecule has 0 saturated carbocycles. The van der Waals surface area contributed by atoms with Crippen molar-refractivity contribution >= 4 is 28.7 Å². The molecule has 0 aliphatic rings. The Hall–Kier alpha value is -2.61. The molecule has 0 atom stereocenters. The van der Waals surface area contributed by atoms with E-state index < -0.39 is 0 Å². The zero-order valence-corrected chi connectivity index (χ0v) is 14.2. The Balaban J connectivity index is 1.55. The van der Waals surface area contributed by atoms with Crippen LogP contribution in [0, 0.1) is 13.8 Å². The number of benzene rings is 1. The number of nitrogens with one attached hydrogen (secondary N) is 3. The predicted molar refractivity (Wildman–Crippen MR) is 93.0 cm³/mol. The number of thioether (sulfide) groups is 1. The van der Waals surface area contributed by atoms with Crippen LogP contribution in [-0.2, 0) is 11.3 Å². The number of rotatable bonds is 5. The number of hydrogen-bond acceptors (Lipinski definition) is 5. The third-order valence-electron chi connectivity index (χ3n) is 3.34. The highest BCUT2D eigenvalue weighted by Gasteiger charge is 2.08. The lowest BCUT2D eigenvalue weighted by molar-refractivity contribution is -0.118. The molecule has 7 nitrogen and oxygen atoms in total. The van der Waals surface area contributed by atoms with Crippen LogP contribution in [0.25, 0.3) is 11.0 Å². The zero-order valence-electron chi connectivity index (χ0n) is 13.3. The summed E-state index contributed by atoms with van der Waals surface area (Å²) in [6, 6.07) is 7.35. The van der Waals surface area contributed by atoms with E-state index >= 15 is 0 Å². The van der Waals surface area contributed by atoms with Gasteiger partial charge in [-0.25, -0.2) is 9.97 Å². The van der Waals surface area contributed by atoms with Crippen LogP contribution in [0.1, 0.15) is 17.1 Å². The Morgan fingerprint density at radius 2 is 2.04 bits per heavy atom. The zero-order chi connectivity index (χ0) is 17.1. The van der Waals surface area contributed by atoms with Gasteiger partial charge >= 0.3 is 0 Å². The molecule has 24 heavy (non-hydrogen) atoms. The van der Waals surface area contributed by atoms with E-state index in [-0.39, 0.29) is 23.8 Å². The number of carbonyl (C=O) groups is 1. The van der Waals surface area contributed by atoms with Crippen molar-refractivity contribution in [2.75, 3.05) is 5.75 Å². The van der Waals surface area contributed by atoms with Gasteiger partial charge in [-0.3, -0.25) is 9.59 Å². The van der Waals surface area contributed by atoms with Crippen LogP contribution < -0.4 is 10.9 Å². The van der Waals surface area contributed by atoms with E-state index in [0.717, 1.165) is 16.6 Å². The number of amides is 1. The average Bonchev–Trinajstić information content (AvgIpc) is 2.92. The highest BCUT2D eigenvalue weighted by molar-refractivity contribution is 7.99. The molecule has 0 bridgehead atoms. The lowest BCUT2D eigenvalue weighted by Crippen LogP contribution is -2.26. The van der Waals surface area contributed by atoms with Gasteiger partial charge in [-0.05, 0) is 31.5 Å². The number of aromatic nitrogens is 4. The maximum atomic E-state index is 11.9. The summed E-state index contributed by atoms with van der Waals surface area (Å²) in [7, 11) is 0. The first kappa shape index (κ1) is 16.3. The monoisotopic (exact) mass is 343 g/mol. The molecule has 2 aromatic heterocycles. The first-order valence-corrected chi connectivity index (χ1v) is 8.41. The molecule has 0 saturated heterocycles. The van der Waals surface area contributed by atoms with Gasteiger partial charge in [0.05, 0.1) is 29.0 Å². The summed E-state index contributed by atoms with van der Waals surface area (Å²) in [5, 5.41) is 3.45. The van der Waals surface area contributed by atoms with Crippen LogP contribution in [-0.4, -0.2) is 31.6 Å². The number of carbonyl (C=O) groups excluding carboxylic acids is 1. The summed E-state index contributed by atoms with van der Waals surface area (Å²) in [6.07, 6.45) is 0. The van der Waals surface area contributed by atoms with Crippen LogP contribution in [0.15, 0.2) is 34.2 Å². The number of imidazole rings is 1. The molecule has 1 amide bonds. The molecule has 0 unspecified atom stereocenters. The predicted octanol–water partition coefficient (Wildman–Crippen LogP) is 1.67. The largest absolute Gasteiger partial charge is 0.350 e. The summed E-state index contributed by atoms with van der Waals surface area (Å²) in [4.78, 5) is 37.7. The molecule has 1 aromatic carbocycles. The fourth-order valence-electron chi connectivity index (χ4n) is 2.27. The van der Waals surface area contributed by atoms with Gasteiger partial charge in [-0.1, -0.05) is 17.8 Å². The van der Waals surface area contributed by atoms with E-state index in [0.29, 0.717) is 16.7 Å². The van der Waals surface area contributed by atoms with Crippen LogP contribution in [0.2, 0.25) is 0 Å². The molecule has 3 aromatic rings. The molecule has 0 spiro atoms. The summed E-state index contributed by atoms with van der Waals surface area (Å²) >= 11 is 1.33. The quantitative estimate of drug-likeness (QED) is 0.612. The normalized spacial score (nSPS) is 10.9. The van der Waals surface area contributed by atoms with Gasteiger partial charge in [0.25, 0.3) is 5.56 Å². The molecule has 0 radical (unpaired) electrons. The van der Waals surface area contributed by atoms with Crippen molar-refractivity contribution in [1.82, 2.24) is 25.3 Å². The van der Waals surface area contributed by atoms with Crippen molar-refractivity contribution in [2.45, 2.75) is 25.5 Å². The number of nitrogens with zero attached hydrogens (tertiary/aromatic N) is 2. The minimum absolute atomic E-state index is 0.142. The Labute approximate surface area is 142 Å². The fourth-order valence-corrected chi connectivity index (χ4v) is 2.99. The van der Waals surface area contributed by atoms with Crippen molar-refractivity contribution in [3.63, 3.8) is 0 Å². The molecule has 124 valence electrons. The van der Waals surface area contributed by atoms with Crippen LogP contribution >= 0.6 is 11.8 Å². The molecular weight excluding hydrogens is 326 g/mol. The maximum absolute atomic E-state index is 11.9. The minimum Gasteiger partial charge on any atom is -0.350 e. The lowest BCUT2D eigenvalue weighted by atomic mass is 10.2. The Morgan fingerprint density at radius 3 is 2.83 bits per heavy atom. The number of fused-ring (bicyclic) bond motifs is 1. The second-order valence-electron chi connectivity index (χ2n) is 5.45. The van der Waals surface area contributed by atoms with Crippen LogP contribution in [0.3, 0.4) is 0 Å². The Morgan fingerprint density at radius 1 is 1.21 bits per heavy atom. The number of aryl methyl sites for hydroxylation is 2. The SMILES string of the molecule is Cc1ccc2nc(SCC(=O)NCc3cc(=O)[nH]c(C)n3)[nH]c2c1. The fraction of sp³-hybridized carbons (Fsp3) is 0.250. The van der Waals surface area contributed by atoms with Crippen LogP contribution in [0.4, 0.5) is 0 Å². The third-order valence-corrected chi connectivity index (χ3v) is 4.21. The number of hydrogen-bond donors (Lipinski definition) is 3. The van der Waals surface area contributed by atoms with E-state index in [9.17, 15) is 9.59 Å². The Kier molecular flexibility index (Phi) is 4.66. The van der Waals surface area contributed by atoms with E-state index in [1.54, 1.807) is 6.92 Å². The van der Waals surface area contributed by atoms with Crippen molar-refractivity contribution in [2.24, 2.45) is 0 Å². The van der Waals surface area contributed by atoms with Crippen molar-refractivity contribution < 1.29 is 4.79 Å². The second-order valence-corrected chi connectivity index (χ2v) is 6.41. The lowest BCUT2D eigenvalue weighted by Gasteiger charge is -2.04. The van der Waals surface area contributed by atoms with Gasteiger partial charge in [0.2, 0.25) is 5.91 Å². The van der Waals surface area contributed by atoms with E-state index in [4.69, 9.17) is 0 Å². The van der Waals surface area contributed by atoms with Gasteiger partial charge in [0.1, 0.15) is 5.82 Å². The summed E-state index contributed by atoms with van der Waals surface area (Å²) in [5.74, 6) is 0.621. The molecule has 0 aliphatic carbocycles. The third kappa shape index (κ3) is 4.02. The second kappa shape index (κ2) is 6.88. The number of H-pyrrole nitrogens is 2. The highest BCUT2D eigenvalue weighted by atomic mass is 32.2. The van der Waals surface area contributed by atoms with Crippen LogP contribution in [0.5, 0.6) is 0 Å². The molecule has 8 heteroatoms. The van der Waals surface area contributed by atoms with Gasteiger partial charge in [-0.2, -0.15) is 0 Å². The van der Waals surface area contributed by atoms with Crippen molar-refractivity contribution in [1.29, 1.82) is 0 Å². The molecular formula is C16H17N5O2S. The van der Waals surface area contributed by atoms with Gasteiger partial charge in [0, 0.05) is 6.07 Å². The van der Waals surface area contributed by atoms with Gasteiger partial charge < -0.3 is 15.3 Å². The molecule has 0 fully saturated rings. The number of aromatic amines is 2. The summed E-state index contributed by atoms with van der Waals surface area (Å²) in [6.45, 7) is 3.94. The summed E-state index contributed by atoms with van der Waals surface area (Å²) < 4.78 is 0. The highest BCUT2D eigenvalue weighted by Crippen LogP contribution is 2.20.